The molecule has 0 fully saturated rings. The minimum atomic E-state index is 0.682. The van der Waals surface area contributed by atoms with Crippen molar-refractivity contribution in [2.24, 2.45) is 0 Å². The number of rotatable bonds is 8. The molecule has 0 bridgehead atoms. The molecule has 0 radical (unpaired) electrons. The van der Waals surface area contributed by atoms with Crippen molar-refractivity contribution in [3.63, 3.8) is 0 Å². The van der Waals surface area contributed by atoms with Crippen LogP contribution in [-0.2, 0) is 0 Å². The first-order valence-electron chi connectivity index (χ1n) is 6.18. The molecule has 0 saturated heterocycles. The van der Waals surface area contributed by atoms with Crippen molar-refractivity contribution >= 4 is 31.9 Å². The Labute approximate surface area is 120 Å². The molecule has 0 amide bonds. The Hall–Kier alpha value is -0.0900. The van der Waals surface area contributed by atoms with Crippen molar-refractivity contribution in [1.82, 2.24) is 4.98 Å². The minimum Gasteiger partial charge on any atom is -0.477 e. The van der Waals surface area contributed by atoms with Crippen LogP contribution in [0.2, 0.25) is 0 Å². The zero-order valence-corrected chi connectivity index (χ0v) is 13.4. The predicted octanol–water partition coefficient (Wildman–Crippen LogP) is 5.35. The van der Waals surface area contributed by atoms with Crippen molar-refractivity contribution in [2.45, 2.75) is 45.4 Å². The molecule has 0 aliphatic heterocycles. The fourth-order valence-electron chi connectivity index (χ4n) is 1.56. The maximum Gasteiger partial charge on any atom is 0.228 e. The molecule has 2 nitrogen and oxygen atoms in total. The second-order valence-electron chi connectivity index (χ2n) is 4.06. The Morgan fingerprint density at radius 3 is 2.53 bits per heavy atom. The van der Waals surface area contributed by atoms with E-state index in [2.05, 4.69) is 43.8 Å². The van der Waals surface area contributed by atoms with E-state index in [4.69, 9.17) is 4.74 Å². The summed E-state index contributed by atoms with van der Waals surface area (Å²) in [6.07, 6.45) is 9.40. The summed E-state index contributed by atoms with van der Waals surface area (Å²) in [6, 6.07) is 1.95. The molecule has 17 heavy (non-hydrogen) atoms. The number of hydrogen-bond donors (Lipinski definition) is 0. The van der Waals surface area contributed by atoms with Gasteiger partial charge in [-0.15, -0.1) is 0 Å². The molecule has 0 aromatic carbocycles. The summed E-state index contributed by atoms with van der Waals surface area (Å²) in [5.74, 6) is 0.682. The maximum atomic E-state index is 5.62. The van der Waals surface area contributed by atoms with Crippen LogP contribution in [0.5, 0.6) is 5.88 Å². The van der Waals surface area contributed by atoms with E-state index in [0.29, 0.717) is 5.88 Å². The summed E-state index contributed by atoms with van der Waals surface area (Å²) in [5.41, 5.74) is 0. The number of pyridine rings is 1. The highest BCUT2D eigenvalue weighted by Crippen LogP contribution is 2.25. The van der Waals surface area contributed by atoms with Gasteiger partial charge in [0.15, 0.2) is 0 Å². The average Bonchev–Trinajstić information content (AvgIpc) is 2.30. The number of aromatic nitrogens is 1. The van der Waals surface area contributed by atoms with Gasteiger partial charge in [0.2, 0.25) is 5.88 Å². The summed E-state index contributed by atoms with van der Waals surface area (Å²) in [6.45, 7) is 2.99. The van der Waals surface area contributed by atoms with Gasteiger partial charge in [-0.25, -0.2) is 4.98 Å². The van der Waals surface area contributed by atoms with Gasteiger partial charge in [-0.2, -0.15) is 0 Å². The SMILES string of the molecule is CCCCCCCCOc1ncc(Br)cc1Br. The molecule has 1 aromatic heterocycles. The topological polar surface area (TPSA) is 22.1 Å². The van der Waals surface area contributed by atoms with E-state index < -0.39 is 0 Å². The van der Waals surface area contributed by atoms with Crippen molar-refractivity contribution in [3.8, 4) is 5.88 Å². The molecular formula is C13H19Br2NO. The van der Waals surface area contributed by atoms with Gasteiger partial charge in [0.25, 0.3) is 0 Å². The van der Waals surface area contributed by atoms with Crippen LogP contribution >= 0.6 is 31.9 Å². The quantitative estimate of drug-likeness (QED) is 0.580. The van der Waals surface area contributed by atoms with Gasteiger partial charge in [0.1, 0.15) is 0 Å². The third-order valence-electron chi connectivity index (χ3n) is 2.51. The molecule has 1 rings (SSSR count). The smallest absolute Gasteiger partial charge is 0.228 e. The van der Waals surface area contributed by atoms with Gasteiger partial charge in [-0.3, -0.25) is 0 Å². The number of hydrogen-bond acceptors (Lipinski definition) is 2. The average molecular weight is 365 g/mol. The number of ether oxygens (including phenoxy) is 1. The van der Waals surface area contributed by atoms with E-state index in [1.807, 2.05) is 6.07 Å². The highest BCUT2D eigenvalue weighted by molar-refractivity contribution is 9.11. The van der Waals surface area contributed by atoms with E-state index in [1.165, 1.54) is 32.1 Å². The van der Waals surface area contributed by atoms with Gasteiger partial charge in [0, 0.05) is 10.7 Å². The Balaban J connectivity index is 2.14. The first-order chi connectivity index (χ1) is 8.24. The summed E-state index contributed by atoms with van der Waals surface area (Å²) >= 11 is 6.80. The van der Waals surface area contributed by atoms with Gasteiger partial charge in [0.05, 0.1) is 11.1 Å². The first-order valence-corrected chi connectivity index (χ1v) is 7.76. The van der Waals surface area contributed by atoms with Crippen LogP contribution in [0, 0.1) is 0 Å². The largest absolute Gasteiger partial charge is 0.477 e. The molecule has 1 heterocycles. The summed E-state index contributed by atoms with van der Waals surface area (Å²) < 4.78 is 7.48. The zero-order chi connectivity index (χ0) is 12.5. The highest BCUT2D eigenvalue weighted by Gasteiger charge is 2.02. The standard InChI is InChI=1S/C13H19Br2NO/c1-2-3-4-5-6-7-8-17-13-12(15)9-11(14)10-16-13/h9-10H,2-8H2,1H3. The maximum absolute atomic E-state index is 5.62. The summed E-state index contributed by atoms with van der Waals surface area (Å²) in [4.78, 5) is 4.21. The fourth-order valence-corrected chi connectivity index (χ4v) is 2.66. The molecule has 0 spiro atoms. The molecule has 0 aliphatic carbocycles. The lowest BCUT2D eigenvalue weighted by atomic mass is 10.1. The molecule has 96 valence electrons. The highest BCUT2D eigenvalue weighted by atomic mass is 79.9. The second kappa shape index (κ2) is 8.92. The molecule has 0 atom stereocenters. The molecular weight excluding hydrogens is 346 g/mol. The van der Waals surface area contributed by atoms with Gasteiger partial charge in [-0.1, -0.05) is 39.0 Å². The zero-order valence-electron chi connectivity index (χ0n) is 10.2. The van der Waals surface area contributed by atoms with Crippen LogP contribution in [0.1, 0.15) is 45.4 Å². The molecule has 0 N–H and O–H groups in total. The second-order valence-corrected chi connectivity index (χ2v) is 5.83. The van der Waals surface area contributed by atoms with Crippen LogP contribution in [0.25, 0.3) is 0 Å². The van der Waals surface area contributed by atoms with Crippen LogP contribution in [-0.4, -0.2) is 11.6 Å². The lowest BCUT2D eigenvalue weighted by Crippen LogP contribution is -1.99. The van der Waals surface area contributed by atoms with E-state index in [0.717, 1.165) is 22.0 Å². The van der Waals surface area contributed by atoms with Crippen LogP contribution in [0.3, 0.4) is 0 Å². The Kier molecular flexibility index (Phi) is 7.86. The molecule has 0 unspecified atom stereocenters. The summed E-state index contributed by atoms with van der Waals surface area (Å²) in [5, 5.41) is 0. The summed E-state index contributed by atoms with van der Waals surface area (Å²) in [7, 11) is 0. The van der Waals surface area contributed by atoms with Crippen molar-refractivity contribution in [3.05, 3.63) is 21.2 Å². The number of nitrogens with zero attached hydrogens (tertiary/aromatic N) is 1. The lowest BCUT2D eigenvalue weighted by Gasteiger charge is -2.07. The number of halogens is 2. The molecule has 4 heteroatoms. The van der Waals surface area contributed by atoms with Crippen molar-refractivity contribution in [2.75, 3.05) is 6.61 Å². The minimum absolute atomic E-state index is 0.682. The van der Waals surface area contributed by atoms with E-state index in [-0.39, 0.29) is 0 Å². The van der Waals surface area contributed by atoms with Crippen molar-refractivity contribution in [1.29, 1.82) is 0 Å². The number of unbranched alkanes of at least 4 members (excludes halogenated alkanes) is 5. The first kappa shape index (κ1) is 15.0. The molecule has 0 saturated carbocycles. The van der Waals surface area contributed by atoms with E-state index in [1.54, 1.807) is 6.20 Å². The predicted molar refractivity (Wildman–Crippen MR) is 78.5 cm³/mol. The molecule has 1 aromatic rings. The van der Waals surface area contributed by atoms with Crippen LogP contribution < -0.4 is 4.74 Å². The van der Waals surface area contributed by atoms with E-state index >= 15 is 0 Å². The third kappa shape index (κ3) is 6.41. The van der Waals surface area contributed by atoms with Gasteiger partial charge in [-0.05, 0) is 44.3 Å². The van der Waals surface area contributed by atoms with Crippen LogP contribution in [0.4, 0.5) is 0 Å². The lowest BCUT2D eigenvalue weighted by molar-refractivity contribution is 0.291. The van der Waals surface area contributed by atoms with Crippen molar-refractivity contribution < 1.29 is 4.74 Å². The Morgan fingerprint density at radius 1 is 1.12 bits per heavy atom. The normalized spacial score (nSPS) is 10.5. The van der Waals surface area contributed by atoms with E-state index in [9.17, 15) is 0 Å². The van der Waals surface area contributed by atoms with Crippen LogP contribution in [0.15, 0.2) is 21.2 Å². The van der Waals surface area contributed by atoms with Gasteiger partial charge >= 0.3 is 0 Å². The monoisotopic (exact) mass is 363 g/mol. The van der Waals surface area contributed by atoms with Gasteiger partial charge < -0.3 is 4.74 Å². The molecule has 0 aliphatic rings. The fraction of sp³-hybridized carbons (Fsp3) is 0.615. The third-order valence-corrected chi connectivity index (χ3v) is 3.51. The Morgan fingerprint density at radius 2 is 1.82 bits per heavy atom. The Bertz CT molecular complexity index is 331.